The second-order valence-corrected chi connectivity index (χ2v) is 7.18. The fourth-order valence-corrected chi connectivity index (χ4v) is 3.50. The van der Waals surface area contributed by atoms with Crippen LogP contribution < -0.4 is 9.62 Å². The van der Waals surface area contributed by atoms with E-state index < -0.39 is 16.1 Å². The Balaban J connectivity index is 1.83. The van der Waals surface area contributed by atoms with Crippen LogP contribution in [0, 0.1) is 0 Å². The minimum absolute atomic E-state index is 0.0449. The van der Waals surface area contributed by atoms with Crippen molar-refractivity contribution in [2.75, 3.05) is 22.8 Å². The second kappa shape index (κ2) is 6.56. The summed E-state index contributed by atoms with van der Waals surface area (Å²) >= 11 is 0. The fourth-order valence-electron chi connectivity index (χ4n) is 2.45. The van der Waals surface area contributed by atoms with E-state index in [0.29, 0.717) is 30.1 Å². The van der Waals surface area contributed by atoms with Gasteiger partial charge in [-0.15, -0.1) is 0 Å². The van der Waals surface area contributed by atoms with E-state index in [0.717, 1.165) is 0 Å². The van der Waals surface area contributed by atoms with Gasteiger partial charge in [-0.2, -0.15) is 0 Å². The molecule has 0 unspecified atom stereocenters. The highest BCUT2D eigenvalue weighted by atomic mass is 32.2. The summed E-state index contributed by atoms with van der Waals surface area (Å²) in [5.41, 5.74) is 1.32. The summed E-state index contributed by atoms with van der Waals surface area (Å²) in [6.07, 6.45) is -0.458. The van der Waals surface area contributed by atoms with Crippen molar-refractivity contribution in [1.29, 1.82) is 0 Å². The third-order valence-corrected chi connectivity index (χ3v) is 5.14. The van der Waals surface area contributed by atoms with E-state index in [-0.39, 0.29) is 10.7 Å². The molecule has 7 nitrogen and oxygen atoms in total. The summed E-state index contributed by atoms with van der Waals surface area (Å²) in [4.78, 5) is 24.4. The van der Waals surface area contributed by atoms with Crippen LogP contribution in [0.2, 0.25) is 0 Å². The lowest BCUT2D eigenvalue weighted by Gasteiger charge is -2.15. The van der Waals surface area contributed by atoms with Crippen LogP contribution in [0.5, 0.6) is 0 Å². The van der Waals surface area contributed by atoms with Crippen LogP contribution >= 0.6 is 0 Å². The third-order valence-electron chi connectivity index (χ3n) is 3.74. The summed E-state index contributed by atoms with van der Waals surface area (Å²) in [5.74, 6) is -0.137. The van der Waals surface area contributed by atoms with Crippen LogP contribution in [0.4, 0.5) is 16.2 Å². The molecule has 0 aliphatic carbocycles. The molecule has 1 saturated heterocycles. The van der Waals surface area contributed by atoms with Crippen molar-refractivity contribution in [3.8, 4) is 0 Å². The number of anilines is 2. The van der Waals surface area contributed by atoms with Gasteiger partial charge in [-0.05, 0) is 37.3 Å². The van der Waals surface area contributed by atoms with Gasteiger partial charge in [-0.25, -0.2) is 13.2 Å². The maximum absolute atomic E-state index is 12.5. The number of ketones is 1. The van der Waals surface area contributed by atoms with Gasteiger partial charge < -0.3 is 4.74 Å². The van der Waals surface area contributed by atoms with Gasteiger partial charge in [0.15, 0.2) is 5.78 Å². The van der Waals surface area contributed by atoms with E-state index in [1.165, 1.54) is 36.1 Å². The number of nitrogens with one attached hydrogen (secondary N) is 1. The van der Waals surface area contributed by atoms with Crippen LogP contribution in [0.25, 0.3) is 0 Å². The second-order valence-electron chi connectivity index (χ2n) is 5.50. The molecule has 1 aliphatic rings. The number of hydrogen-bond donors (Lipinski definition) is 1. The molecule has 1 N–H and O–H groups in total. The van der Waals surface area contributed by atoms with Crippen molar-refractivity contribution in [2.24, 2.45) is 0 Å². The van der Waals surface area contributed by atoms with Gasteiger partial charge in [0.05, 0.1) is 17.1 Å². The molecule has 25 heavy (non-hydrogen) atoms. The highest BCUT2D eigenvalue weighted by molar-refractivity contribution is 7.92. The number of hydrogen-bond acceptors (Lipinski definition) is 5. The Bertz CT molecular complexity index is 922. The molecule has 0 radical (unpaired) electrons. The van der Waals surface area contributed by atoms with Gasteiger partial charge in [0, 0.05) is 11.3 Å². The largest absolute Gasteiger partial charge is 0.447 e. The zero-order valence-corrected chi connectivity index (χ0v) is 14.2. The van der Waals surface area contributed by atoms with E-state index in [2.05, 4.69) is 4.72 Å². The first-order chi connectivity index (χ1) is 11.9. The quantitative estimate of drug-likeness (QED) is 0.828. The number of carbonyl (C=O) groups is 2. The van der Waals surface area contributed by atoms with Gasteiger partial charge in [0.25, 0.3) is 10.0 Å². The normalized spacial score (nSPS) is 14.3. The number of rotatable bonds is 5. The van der Waals surface area contributed by atoms with E-state index in [9.17, 15) is 18.0 Å². The summed E-state index contributed by atoms with van der Waals surface area (Å²) < 4.78 is 32.3. The Morgan fingerprint density at radius 3 is 2.48 bits per heavy atom. The molecule has 0 atom stereocenters. The number of sulfonamides is 1. The van der Waals surface area contributed by atoms with Crippen LogP contribution in [0.3, 0.4) is 0 Å². The Kier molecular flexibility index (Phi) is 4.45. The minimum atomic E-state index is -3.81. The minimum Gasteiger partial charge on any atom is -0.447 e. The summed E-state index contributed by atoms with van der Waals surface area (Å²) in [7, 11) is -3.81. The van der Waals surface area contributed by atoms with Crippen LogP contribution in [0.1, 0.15) is 17.3 Å². The number of carbonyl (C=O) groups excluding carboxylic acids is 2. The number of cyclic esters (lactones) is 1. The summed E-state index contributed by atoms with van der Waals surface area (Å²) in [6, 6.07) is 12.2. The lowest BCUT2D eigenvalue weighted by molar-refractivity contribution is 0.101. The monoisotopic (exact) mass is 360 g/mol. The predicted octanol–water partition coefficient (Wildman–Crippen LogP) is 2.65. The van der Waals surface area contributed by atoms with Crippen molar-refractivity contribution in [3.63, 3.8) is 0 Å². The third kappa shape index (κ3) is 3.63. The van der Waals surface area contributed by atoms with Crippen molar-refractivity contribution in [1.82, 2.24) is 0 Å². The molecule has 1 amide bonds. The van der Waals surface area contributed by atoms with Crippen molar-refractivity contribution in [3.05, 3.63) is 54.1 Å². The Hall–Kier alpha value is -2.87. The van der Waals surface area contributed by atoms with Crippen LogP contribution in [0.15, 0.2) is 53.4 Å². The van der Waals surface area contributed by atoms with Gasteiger partial charge in [-0.1, -0.05) is 18.2 Å². The molecule has 1 fully saturated rings. The highest BCUT2D eigenvalue weighted by Crippen LogP contribution is 2.24. The number of benzene rings is 2. The Morgan fingerprint density at radius 1 is 1.16 bits per heavy atom. The van der Waals surface area contributed by atoms with Gasteiger partial charge >= 0.3 is 6.09 Å². The van der Waals surface area contributed by atoms with Gasteiger partial charge in [0.1, 0.15) is 6.61 Å². The molecule has 8 heteroatoms. The van der Waals surface area contributed by atoms with E-state index in [1.54, 1.807) is 24.3 Å². The molecular weight excluding hydrogens is 344 g/mol. The lowest BCUT2D eigenvalue weighted by Crippen LogP contribution is -2.23. The van der Waals surface area contributed by atoms with Crippen molar-refractivity contribution in [2.45, 2.75) is 11.8 Å². The predicted molar refractivity (Wildman–Crippen MR) is 92.4 cm³/mol. The number of ether oxygens (including phenoxy) is 1. The van der Waals surface area contributed by atoms with Crippen LogP contribution in [-0.4, -0.2) is 33.4 Å². The number of Topliss-reactive ketones (excluding diaryl/α,β-unsaturated/α-hetero) is 1. The highest BCUT2D eigenvalue weighted by Gasteiger charge is 2.24. The SMILES string of the molecule is CC(=O)c1ccc(S(=O)(=O)Nc2cccc(N3CCOC3=O)c2)cc1. The van der Waals surface area contributed by atoms with E-state index in [1.807, 2.05) is 0 Å². The number of nitrogens with zero attached hydrogens (tertiary/aromatic N) is 1. The molecule has 3 rings (SSSR count). The van der Waals surface area contributed by atoms with Gasteiger partial charge in [0.2, 0.25) is 0 Å². The molecule has 0 aromatic heterocycles. The lowest BCUT2D eigenvalue weighted by atomic mass is 10.2. The Labute approximate surface area is 145 Å². The zero-order chi connectivity index (χ0) is 18.0. The maximum atomic E-state index is 12.5. The first-order valence-corrected chi connectivity index (χ1v) is 9.03. The van der Waals surface area contributed by atoms with Gasteiger partial charge in [-0.3, -0.25) is 14.4 Å². The molecule has 0 spiro atoms. The molecule has 0 bridgehead atoms. The van der Waals surface area contributed by atoms with E-state index in [4.69, 9.17) is 4.74 Å². The average Bonchev–Trinajstić information content (AvgIpc) is 3.01. The van der Waals surface area contributed by atoms with E-state index >= 15 is 0 Å². The summed E-state index contributed by atoms with van der Waals surface area (Å²) in [5, 5.41) is 0. The standard InChI is InChI=1S/C17H16N2O5S/c1-12(20)13-5-7-16(8-6-13)25(22,23)18-14-3-2-4-15(11-14)19-9-10-24-17(19)21/h2-8,11,18H,9-10H2,1H3. The number of amides is 1. The maximum Gasteiger partial charge on any atom is 0.414 e. The first kappa shape index (κ1) is 17.0. The molecule has 130 valence electrons. The molecule has 2 aromatic rings. The van der Waals surface area contributed by atoms with Crippen LogP contribution in [-0.2, 0) is 14.8 Å². The topological polar surface area (TPSA) is 92.8 Å². The zero-order valence-electron chi connectivity index (χ0n) is 13.4. The Morgan fingerprint density at radius 2 is 1.88 bits per heavy atom. The summed E-state index contributed by atoms with van der Waals surface area (Å²) in [6.45, 7) is 2.13. The smallest absolute Gasteiger partial charge is 0.414 e. The van der Waals surface area contributed by atoms with Crippen molar-refractivity contribution >= 4 is 33.3 Å². The fraction of sp³-hybridized carbons (Fsp3) is 0.176. The molecule has 1 heterocycles. The molecule has 2 aromatic carbocycles. The first-order valence-electron chi connectivity index (χ1n) is 7.55. The molecular formula is C17H16N2O5S. The van der Waals surface area contributed by atoms with Crippen molar-refractivity contribution < 1.29 is 22.7 Å². The average molecular weight is 360 g/mol. The molecule has 1 aliphatic heterocycles. The molecule has 0 saturated carbocycles.